The Balaban J connectivity index is 2.55. The number of amides is 1. The molecule has 0 saturated carbocycles. The molecule has 0 bridgehead atoms. The van der Waals surface area contributed by atoms with Crippen LogP contribution in [0.4, 0.5) is 0 Å². The van der Waals surface area contributed by atoms with E-state index in [9.17, 15) is 4.79 Å². The number of carbonyl (C=O) groups is 1. The Hall–Kier alpha value is -0.570. The second kappa shape index (κ2) is 2.58. The van der Waals surface area contributed by atoms with Crippen molar-refractivity contribution in [1.82, 2.24) is 10.6 Å². The lowest BCUT2D eigenvalue weighted by atomic mass is 10.1. The van der Waals surface area contributed by atoms with Crippen molar-refractivity contribution in [2.75, 3.05) is 0 Å². The maximum absolute atomic E-state index is 11.1. The summed E-state index contributed by atoms with van der Waals surface area (Å²) in [5.74, 6) is 0.507. The van der Waals surface area contributed by atoms with Crippen LogP contribution in [0.5, 0.6) is 0 Å². The van der Waals surface area contributed by atoms with Crippen LogP contribution in [0.15, 0.2) is 0 Å². The molecule has 2 N–H and O–H groups in total. The summed E-state index contributed by atoms with van der Waals surface area (Å²) >= 11 is 0. The van der Waals surface area contributed by atoms with Crippen LogP contribution in [0, 0.1) is 5.92 Å². The fraction of sp³-hybridized carbons (Fsp3) is 0.857. The molecule has 2 unspecified atom stereocenters. The highest BCUT2D eigenvalue weighted by atomic mass is 16.2. The third-order valence-corrected chi connectivity index (χ3v) is 1.74. The molecule has 3 nitrogen and oxygen atoms in total. The minimum Gasteiger partial charge on any atom is -0.340 e. The van der Waals surface area contributed by atoms with Crippen molar-refractivity contribution in [3.8, 4) is 0 Å². The van der Waals surface area contributed by atoms with Gasteiger partial charge in [0.2, 0.25) is 5.91 Å². The lowest BCUT2D eigenvalue weighted by molar-refractivity contribution is -0.121. The van der Waals surface area contributed by atoms with Crippen molar-refractivity contribution < 1.29 is 4.79 Å². The van der Waals surface area contributed by atoms with Gasteiger partial charge in [0, 0.05) is 0 Å². The van der Waals surface area contributed by atoms with Gasteiger partial charge in [-0.05, 0) is 12.8 Å². The quantitative estimate of drug-likeness (QED) is 0.544. The van der Waals surface area contributed by atoms with E-state index in [0.717, 1.165) is 0 Å². The van der Waals surface area contributed by atoms with Gasteiger partial charge in [-0.25, -0.2) is 0 Å². The smallest absolute Gasteiger partial charge is 0.238 e. The molecule has 0 spiro atoms. The van der Waals surface area contributed by atoms with Gasteiger partial charge in [0.15, 0.2) is 0 Å². The molecule has 10 heavy (non-hydrogen) atoms. The number of hydrogen-bond acceptors (Lipinski definition) is 2. The molecule has 3 heteroatoms. The molecule has 0 radical (unpaired) electrons. The Morgan fingerprint density at radius 2 is 2.10 bits per heavy atom. The third kappa shape index (κ3) is 1.29. The van der Waals surface area contributed by atoms with Gasteiger partial charge in [-0.15, -0.1) is 0 Å². The van der Waals surface area contributed by atoms with Gasteiger partial charge in [0.25, 0.3) is 0 Å². The summed E-state index contributed by atoms with van der Waals surface area (Å²) in [6, 6.07) is 0.00926. The van der Waals surface area contributed by atoms with E-state index < -0.39 is 0 Å². The van der Waals surface area contributed by atoms with Crippen LogP contribution in [0.3, 0.4) is 0 Å². The van der Waals surface area contributed by atoms with E-state index in [0.29, 0.717) is 5.92 Å². The molecular formula is C7H14N2O. The SMILES string of the molecule is CC1NC(=O)C(C(C)C)N1. The second-order valence-corrected chi connectivity index (χ2v) is 3.12. The maximum atomic E-state index is 11.1. The molecule has 1 rings (SSSR count). The van der Waals surface area contributed by atoms with E-state index in [2.05, 4.69) is 10.6 Å². The third-order valence-electron chi connectivity index (χ3n) is 1.74. The lowest BCUT2D eigenvalue weighted by Gasteiger charge is -2.11. The summed E-state index contributed by atoms with van der Waals surface area (Å²) in [6.45, 7) is 6.02. The summed E-state index contributed by atoms with van der Waals surface area (Å²) in [5, 5.41) is 5.94. The summed E-state index contributed by atoms with van der Waals surface area (Å²) < 4.78 is 0. The predicted molar refractivity (Wildman–Crippen MR) is 39.4 cm³/mol. The topological polar surface area (TPSA) is 41.1 Å². The van der Waals surface area contributed by atoms with E-state index in [1.54, 1.807) is 0 Å². The van der Waals surface area contributed by atoms with E-state index in [1.807, 2.05) is 20.8 Å². The Morgan fingerprint density at radius 3 is 2.30 bits per heavy atom. The van der Waals surface area contributed by atoms with Crippen molar-refractivity contribution >= 4 is 5.91 Å². The fourth-order valence-corrected chi connectivity index (χ4v) is 1.19. The van der Waals surface area contributed by atoms with Crippen molar-refractivity contribution in [3.63, 3.8) is 0 Å². The van der Waals surface area contributed by atoms with Gasteiger partial charge < -0.3 is 5.32 Å². The lowest BCUT2D eigenvalue weighted by Crippen LogP contribution is -2.34. The maximum Gasteiger partial charge on any atom is 0.238 e. The molecule has 1 aliphatic rings. The van der Waals surface area contributed by atoms with Gasteiger partial charge >= 0.3 is 0 Å². The van der Waals surface area contributed by atoms with Crippen molar-refractivity contribution in [2.45, 2.75) is 33.0 Å². The Bertz CT molecular complexity index is 145. The molecule has 1 amide bonds. The van der Waals surface area contributed by atoms with Crippen LogP contribution in [-0.4, -0.2) is 18.1 Å². The van der Waals surface area contributed by atoms with Crippen LogP contribution < -0.4 is 10.6 Å². The minimum atomic E-state index is 0.00926. The van der Waals surface area contributed by atoms with Gasteiger partial charge in [0.1, 0.15) is 0 Å². The van der Waals surface area contributed by atoms with E-state index in [-0.39, 0.29) is 18.1 Å². The van der Waals surface area contributed by atoms with Gasteiger partial charge in [0.05, 0.1) is 12.2 Å². The average molecular weight is 142 g/mol. The zero-order valence-electron chi connectivity index (χ0n) is 6.64. The first kappa shape index (κ1) is 7.54. The Kier molecular flexibility index (Phi) is 1.94. The van der Waals surface area contributed by atoms with Crippen molar-refractivity contribution in [2.24, 2.45) is 5.92 Å². The zero-order chi connectivity index (χ0) is 7.72. The van der Waals surface area contributed by atoms with Crippen LogP contribution in [0.1, 0.15) is 20.8 Å². The minimum absolute atomic E-state index is 0.00926. The monoisotopic (exact) mass is 142 g/mol. The molecule has 2 atom stereocenters. The first-order valence-electron chi connectivity index (χ1n) is 3.67. The fourth-order valence-electron chi connectivity index (χ4n) is 1.19. The first-order chi connectivity index (χ1) is 4.61. The Morgan fingerprint density at radius 1 is 1.50 bits per heavy atom. The van der Waals surface area contributed by atoms with Crippen molar-refractivity contribution in [3.05, 3.63) is 0 Å². The average Bonchev–Trinajstić information content (AvgIpc) is 2.10. The zero-order valence-corrected chi connectivity index (χ0v) is 6.64. The molecule has 0 aromatic heterocycles. The molecule has 1 heterocycles. The molecular weight excluding hydrogens is 128 g/mol. The van der Waals surface area contributed by atoms with Gasteiger partial charge in [-0.3, -0.25) is 10.1 Å². The highest BCUT2D eigenvalue weighted by Gasteiger charge is 2.30. The second-order valence-electron chi connectivity index (χ2n) is 3.12. The summed E-state index contributed by atoms with van der Waals surface area (Å²) in [6.07, 6.45) is 0.139. The molecule has 1 fully saturated rings. The largest absolute Gasteiger partial charge is 0.340 e. The van der Waals surface area contributed by atoms with E-state index >= 15 is 0 Å². The normalized spacial score (nSPS) is 33.0. The number of hydrogen-bond donors (Lipinski definition) is 2. The van der Waals surface area contributed by atoms with E-state index in [1.165, 1.54) is 0 Å². The van der Waals surface area contributed by atoms with Crippen LogP contribution >= 0.6 is 0 Å². The summed E-state index contributed by atoms with van der Waals surface area (Å²) in [4.78, 5) is 11.1. The van der Waals surface area contributed by atoms with Crippen LogP contribution in [-0.2, 0) is 4.79 Å². The summed E-state index contributed by atoms with van der Waals surface area (Å²) in [7, 11) is 0. The highest BCUT2D eigenvalue weighted by Crippen LogP contribution is 2.06. The first-order valence-corrected chi connectivity index (χ1v) is 3.67. The van der Waals surface area contributed by atoms with Crippen LogP contribution in [0.2, 0.25) is 0 Å². The Labute approximate surface area is 61.2 Å². The standard InChI is InChI=1S/C7H14N2O/c1-4(2)6-7(10)9-5(3)8-6/h4-6,8H,1-3H3,(H,9,10). The van der Waals surface area contributed by atoms with E-state index in [4.69, 9.17) is 0 Å². The number of nitrogens with one attached hydrogen (secondary N) is 2. The molecule has 0 aromatic carbocycles. The predicted octanol–water partition coefficient (Wildman–Crippen LogP) is 0.0764. The molecule has 0 aromatic rings. The molecule has 0 aliphatic carbocycles. The van der Waals surface area contributed by atoms with Crippen molar-refractivity contribution in [1.29, 1.82) is 0 Å². The molecule has 1 saturated heterocycles. The highest BCUT2D eigenvalue weighted by molar-refractivity contribution is 5.84. The van der Waals surface area contributed by atoms with Gasteiger partial charge in [-0.2, -0.15) is 0 Å². The number of carbonyl (C=O) groups excluding carboxylic acids is 1. The van der Waals surface area contributed by atoms with Crippen LogP contribution in [0.25, 0.3) is 0 Å². The molecule has 58 valence electrons. The summed E-state index contributed by atoms with van der Waals surface area (Å²) in [5.41, 5.74) is 0. The van der Waals surface area contributed by atoms with Gasteiger partial charge in [-0.1, -0.05) is 13.8 Å². The number of rotatable bonds is 1. The molecule has 1 aliphatic heterocycles.